The molecule has 0 unspecified atom stereocenters. The van der Waals surface area contributed by atoms with Crippen LogP contribution in [0.5, 0.6) is 11.5 Å². The summed E-state index contributed by atoms with van der Waals surface area (Å²) in [6, 6.07) is 10.8. The highest BCUT2D eigenvalue weighted by atomic mass is 32.2. The highest BCUT2D eigenvalue weighted by Crippen LogP contribution is 2.34. The van der Waals surface area contributed by atoms with Crippen molar-refractivity contribution >= 4 is 40.6 Å². The number of carbonyl (C=O) groups is 3. The number of ether oxygens (including phenoxy) is 2. The van der Waals surface area contributed by atoms with Crippen molar-refractivity contribution in [3.63, 3.8) is 0 Å². The number of thioether (sulfide) groups is 1. The van der Waals surface area contributed by atoms with Crippen LogP contribution in [0, 0.1) is 13.8 Å². The highest BCUT2D eigenvalue weighted by Gasteiger charge is 2.36. The average molecular weight is 453 g/mol. The standard InChI is InChI=1S/C24H24N2O5S/c1-5-8-31-19-7-6-17(12-20(19)30-4)13-21-23(28)26(24(29)32-21)14-22(27)25-18-10-15(2)9-16(3)11-18/h5-7,9-13H,1,8,14H2,2-4H3,(H,25,27)/b21-13+. The minimum Gasteiger partial charge on any atom is -0.493 e. The fourth-order valence-electron chi connectivity index (χ4n) is 3.22. The maximum atomic E-state index is 12.7. The summed E-state index contributed by atoms with van der Waals surface area (Å²) >= 11 is 0.795. The summed E-state index contributed by atoms with van der Waals surface area (Å²) in [7, 11) is 1.52. The summed E-state index contributed by atoms with van der Waals surface area (Å²) in [6.45, 7) is 7.44. The molecule has 8 heteroatoms. The van der Waals surface area contributed by atoms with E-state index in [1.54, 1.807) is 30.4 Å². The minimum absolute atomic E-state index is 0.232. The van der Waals surface area contributed by atoms with Gasteiger partial charge in [0.2, 0.25) is 5.91 Å². The molecule has 1 aliphatic heterocycles. The minimum atomic E-state index is -0.512. The molecule has 7 nitrogen and oxygen atoms in total. The average Bonchev–Trinajstić information content (AvgIpc) is 2.99. The van der Waals surface area contributed by atoms with Gasteiger partial charge in [0.1, 0.15) is 13.2 Å². The third-order valence-electron chi connectivity index (χ3n) is 4.52. The zero-order valence-electron chi connectivity index (χ0n) is 18.1. The van der Waals surface area contributed by atoms with Gasteiger partial charge in [-0.05, 0) is 72.6 Å². The molecule has 1 aliphatic rings. The van der Waals surface area contributed by atoms with E-state index in [0.29, 0.717) is 29.4 Å². The van der Waals surface area contributed by atoms with Crippen LogP contribution in [-0.2, 0) is 9.59 Å². The second kappa shape index (κ2) is 10.2. The lowest BCUT2D eigenvalue weighted by Crippen LogP contribution is -2.36. The van der Waals surface area contributed by atoms with Gasteiger partial charge in [0.15, 0.2) is 11.5 Å². The molecule has 0 radical (unpaired) electrons. The summed E-state index contributed by atoms with van der Waals surface area (Å²) in [5.74, 6) is 0.0822. The molecule has 0 saturated carbocycles. The molecular weight excluding hydrogens is 428 g/mol. The molecule has 32 heavy (non-hydrogen) atoms. The first kappa shape index (κ1) is 23.1. The molecule has 1 saturated heterocycles. The number of hydrogen-bond donors (Lipinski definition) is 1. The lowest BCUT2D eigenvalue weighted by Gasteiger charge is -2.13. The fraction of sp³-hybridized carbons (Fsp3) is 0.208. The van der Waals surface area contributed by atoms with Crippen LogP contribution in [0.2, 0.25) is 0 Å². The van der Waals surface area contributed by atoms with Crippen LogP contribution < -0.4 is 14.8 Å². The maximum Gasteiger partial charge on any atom is 0.294 e. The molecule has 1 N–H and O–H groups in total. The molecular formula is C24H24N2O5S. The quantitative estimate of drug-likeness (QED) is 0.467. The number of methoxy groups -OCH3 is 1. The number of imide groups is 1. The predicted molar refractivity (Wildman–Crippen MR) is 126 cm³/mol. The molecule has 3 rings (SSSR count). The first-order valence-electron chi connectivity index (χ1n) is 9.86. The number of nitrogens with one attached hydrogen (secondary N) is 1. The number of aryl methyl sites for hydroxylation is 2. The molecule has 1 heterocycles. The van der Waals surface area contributed by atoms with Gasteiger partial charge in [0, 0.05) is 5.69 Å². The Labute approximate surface area is 191 Å². The Morgan fingerprint density at radius 1 is 1.12 bits per heavy atom. The zero-order chi connectivity index (χ0) is 23.3. The Morgan fingerprint density at radius 3 is 2.50 bits per heavy atom. The summed E-state index contributed by atoms with van der Waals surface area (Å²) in [6.07, 6.45) is 3.21. The third kappa shape index (κ3) is 5.59. The molecule has 0 spiro atoms. The Bertz CT molecular complexity index is 1090. The number of carbonyl (C=O) groups excluding carboxylic acids is 3. The maximum absolute atomic E-state index is 12.7. The van der Waals surface area contributed by atoms with Crippen LogP contribution in [0.1, 0.15) is 16.7 Å². The largest absolute Gasteiger partial charge is 0.493 e. The zero-order valence-corrected chi connectivity index (χ0v) is 19.0. The van der Waals surface area contributed by atoms with Crippen molar-refractivity contribution in [2.24, 2.45) is 0 Å². The number of benzene rings is 2. The van der Waals surface area contributed by atoms with E-state index in [2.05, 4.69) is 11.9 Å². The molecule has 3 amide bonds. The molecule has 0 atom stereocenters. The van der Waals surface area contributed by atoms with Crippen LogP contribution >= 0.6 is 11.8 Å². The molecule has 166 valence electrons. The number of amides is 3. The number of rotatable bonds is 8. The van der Waals surface area contributed by atoms with Crippen molar-refractivity contribution in [3.8, 4) is 11.5 Å². The van der Waals surface area contributed by atoms with Crippen molar-refractivity contribution in [2.45, 2.75) is 13.8 Å². The topological polar surface area (TPSA) is 84.9 Å². The Kier molecular flexibility index (Phi) is 7.37. The number of anilines is 1. The summed E-state index contributed by atoms with van der Waals surface area (Å²) in [5, 5.41) is 2.25. The third-order valence-corrected chi connectivity index (χ3v) is 5.43. The van der Waals surface area contributed by atoms with Crippen molar-refractivity contribution < 1.29 is 23.9 Å². The Hall–Kier alpha value is -3.52. The second-order valence-corrected chi connectivity index (χ2v) is 8.20. The van der Waals surface area contributed by atoms with Crippen LogP contribution in [0.3, 0.4) is 0 Å². The Morgan fingerprint density at radius 2 is 1.84 bits per heavy atom. The van der Waals surface area contributed by atoms with Crippen molar-refractivity contribution in [2.75, 3.05) is 25.6 Å². The summed E-state index contributed by atoms with van der Waals surface area (Å²) in [4.78, 5) is 38.7. The van der Waals surface area contributed by atoms with Gasteiger partial charge in [-0.25, -0.2) is 0 Å². The molecule has 0 aliphatic carbocycles. The number of nitrogens with zero attached hydrogens (tertiary/aromatic N) is 1. The van der Waals surface area contributed by atoms with E-state index in [0.717, 1.165) is 27.8 Å². The van der Waals surface area contributed by atoms with E-state index in [-0.39, 0.29) is 11.4 Å². The molecule has 0 bridgehead atoms. The van der Waals surface area contributed by atoms with Crippen LogP contribution in [0.15, 0.2) is 54.0 Å². The molecule has 2 aromatic rings. The fourth-order valence-corrected chi connectivity index (χ4v) is 4.06. The van der Waals surface area contributed by atoms with Gasteiger partial charge in [-0.3, -0.25) is 19.3 Å². The van der Waals surface area contributed by atoms with Crippen molar-refractivity contribution in [1.29, 1.82) is 0 Å². The van der Waals surface area contributed by atoms with E-state index in [4.69, 9.17) is 9.47 Å². The van der Waals surface area contributed by atoms with Gasteiger partial charge < -0.3 is 14.8 Å². The molecule has 2 aromatic carbocycles. The van der Waals surface area contributed by atoms with Gasteiger partial charge in [-0.1, -0.05) is 24.8 Å². The lowest BCUT2D eigenvalue weighted by molar-refractivity contribution is -0.127. The van der Waals surface area contributed by atoms with Crippen LogP contribution in [-0.4, -0.2) is 42.2 Å². The smallest absolute Gasteiger partial charge is 0.294 e. The first-order valence-corrected chi connectivity index (χ1v) is 10.7. The van der Waals surface area contributed by atoms with Gasteiger partial charge in [0.05, 0.1) is 12.0 Å². The molecule has 0 aromatic heterocycles. The van der Waals surface area contributed by atoms with Crippen LogP contribution in [0.25, 0.3) is 6.08 Å². The second-order valence-electron chi connectivity index (χ2n) is 7.20. The van der Waals surface area contributed by atoms with E-state index in [9.17, 15) is 14.4 Å². The summed E-state index contributed by atoms with van der Waals surface area (Å²) < 4.78 is 10.9. The van der Waals surface area contributed by atoms with E-state index >= 15 is 0 Å². The normalized spacial score (nSPS) is 14.6. The van der Waals surface area contributed by atoms with Crippen molar-refractivity contribution in [1.82, 2.24) is 4.90 Å². The Balaban J connectivity index is 1.71. The van der Waals surface area contributed by atoms with E-state index in [1.165, 1.54) is 7.11 Å². The lowest BCUT2D eigenvalue weighted by atomic mass is 10.1. The van der Waals surface area contributed by atoms with Crippen molar-refractivity contribution in [3.05, 3.63) is 70.6 Å². The SMILES string of the molecule is C=CCOc1ccc(/C=C2/SC(=O)N(CC(=O)Nc3cc(C)cc(C)c3)C2=O)cc1OC. The summed E-state index contributed by atoms with van der Waals surface area (Å²) in [5.41, 5.74) is 3.30. The highest BCUT2D eigenvalue weighted by molar-refractivity contribution is 8.18. The monoisotopic (exact) mass is 452 g/mol. The van der Waals surface area contributed by atoms with Gasteiger partial charge in [0.25, 0.3) is 11.1 Å². The number of hydrogen-bond acceptors (Lipinski definition) is 6. The van der Waals surface area contributed by atoms with Crippen LogP contribution in [0.4, 0.5) is 10.5 Å². The van der Waals surface area contributed by atoms with Gasteiger partial charge in [-0.2, -0.15) is 0 Å². The predicted octanol–water partition coefficient (Wildman–Crippen LogP) is 4.55. The van der Waals surface area contributed by atoms with Gasteiger partial charge in [-0.15, -0.1) is 0 Å². The molecule has 1 fully saturated rings. The van der Waals surface area contributed by atoms with E-state index in [1.807, 2.05) is 32.0 Å². The van der Waals surface area contributed by atoms with Gasteiger partial charge >= 0.3 is 0 Å². The van der Waals surface area contributed by atoms with E-state index < -0.39 is 17.1 Å². The first-order chi connectivity index (χ1) is 15.3.